The summed E-state index contributed by atoms with van der Waals surface area (Å²) in [6, 6.07) is 0. The van der Waals surface area contributed by atoms with Crippen molar-refractivity contribution in [1.29, 1.82) is 0 Å². The minimum absolute atomic E-state index is 0.995. The van der Waals surface area contributed by atoms with Gasteiger partial charge in [-0.3, -0.25) is 0 Å². The smallest absolute Gasteiger partial charge is 0.00255 e. The Balaban J connectivity index is 4.68. The van der Waals surface area contributed by atoms with Crippen molar-refractivity contribution in [2.45, 2.75) is 6.92 Å². The third kappa shape index (κ3) is 2.34. The molecule has 0 fully saturated rings. The van der Waals surface area contributed by atoms with Crippen LogP contribution >= 0.6 is 0 Å². The average Bonchev–Trinajstić information content (AvgIpc) is 1.99. The Morgan fingerprint density at radius 3 is 2.30 bits per heavy atom. The molecule has 0 radical (unpaired) electrons. The van der Waals surface area contributed by atoms with Crippen LogP contribution in [0.4, 0.5) is 0 Å². The Morgan fingerprint density at radius 1 is 1.40 bits per heavy atom. The summed E-state index contributed by atoms with van der Waals surface area (Å²) in [6.45, 7) is 12.7. The Hall–Kier alpha value is -1.26. The largest absolute Gasteiger partial charge is 0.125 e. The molecule has 0 spiro atoms. The highest BCUT2D eigenvalue weighted by Gasteiger charge is 1.88. The van der Waals surface area contributed by atoms with E-state index in [0.717, 1.165) is 11.1 Å². The van der Waals surface area contributed by atoms with Gasteiger partial charge in [0.1, 0.15) is 0 Å². The fraction of sp³-hybridized carbons (Fsp3) is 0.100. The minimum Gasteiger partial charge on any atom is -0.125 e. The first-order chi connectivity index (χ1) is 4.76. The molecule has 0 nitrogen and oxygen atoms in total. The molecule has 0 rings (SSSR count). The van der Waals surface area contributed by atoms with E-state index >= 15 is 0 Å². The van der Waals surface area contributed by atoms with Crippen LogP contribution in [0.15, 0.2) is 54.8 Å². The van der Waals surface area contributed by atoms with Gasteiger partial charge in [-0.2, -0.15) is 0 Å². The third-order valence-corrected chi connectivity index (χ3v) is 1.22. The molecule has 0 unspecified atom stereocenters. The Morgan fingerprint density at radius 2 is 2.00 bits per heavy atom. The molecule has 0 N–H and O–H groups in total. The second-order valence-electron chi connectivity index (χ2n) is 1.86. The number of hydrogen-bond acceptors (Lipinski definition) is 0. The van der Waals surface area contributed by atoms with Crippen molar-refractivity contribution in [2.24, 2.45) is 0 Å². The summed E-state index contributed by atoms with van der Waals surface area (Å²) in [5.74, 6) is 0. The lowest BCUT2D eigenvalue weighted by atomic mass is 10.1. The molecule has 0 amide bonds. The maximum absolute atomic E-state index is 3.64. The zero-order valence-corrected chi connectivity index (χ0v) is 6.35. The molecule has 0 aliphatic carbocycles. The first kappa shape index (κ1) is 8.74. The van der Waals surface area contributed by atoms with Gasteiger partial charge in [-0.1, -0.05) is 38.0 Å². The van der Waals surface area contributed by atoms with Crippen molar-refractivity contribution < 1.29 is 0 Å². The normalized spacial score (nSPS) is 9.90. The summed E-state index contributed by atoms with van der Waals surface area (Å²) < 4.78 is 0. The van der Waals surface area contributed by atoms with Crippen LogP contribution in [0.1, 0.15) is 6.92 Å². The summed E-state index contributed by atoms with van der Waals surface area (Å²) in [4.78, 5) is 0. The van der Waals surface area contributed by atoms with Gasteiger partial charge >= 0.3 is 0 Å². The topological polar surface area (TPSA) is 0 Å². The quantitative estimate of drug-likeness (QED) is 0.409. The summed E-state index contributed by atoms with van der Waals surface area (Å²) in [7, 11) is 0. The summed E-state index contributed by atoms with van der Waals surface area (Å²) >= 11 is 0. The molecule has 0 bridgehead atoms. The molecule has 0 aliphatic heterocycles. The lowest BCUT2D eigenvalue weighted by Gasteiger charge is -1.94. The highest BCUT2D eigenvalue weighted by molar-refractivity contribution is 5.38. The molecule has 0 heteroatoms. The predicted molar refractivity (Wildman–Crippen MR) is 46.8 cm³/mol. The van der Waals surface area contributed by atoms with Crippen LogP contribution in [0.25, 0.3) is 0 Å². The van der Waals surface area contributed by atoms with Crippen molar-refractivity contribution in [1.82, 2.24) is 0 Å². The van der Waals surface area contributed by atoms with E-state index in [1.54, 1.807) is 12.2 Å². The predicted octanol–water partition coefficient (Wildman–Crippen LogP) is 3.02. The molecule has 52 valence electrons. The van der Waals surface area contributed by atoms with E-state index in [2.05, 4.69) is 25.5 Å². The Bertz CT molecular complexity index is 210. The van der Waals surface area contributed by atoms with E-state index in [1.165, 1.54) is 0 Å². The molecule has 0 saturated carbocycles. The monoisotopic (exact) mass is 132 g/mol. The fourth-order valence-electron chi connectivity index (χ4n) is 0.575. The highest BCUT2D eigenvalue weighted by atomic mass is 13.9. The van der Waals surface area contributed by atoms with E-state index in [0.29, 0.717) is 0 Å². The Kier molecular flexibility index (Phi) is 4.02. The van der Waals surface area contributed by atoms with Crippen LogP contribution in [-0.4, -0.2) is 0 Å². The number of rotatable bonds is 3. The third-order valence-electron chi connectivity index (χ3n) is 1.22. The number of allylic oxidation sites excluding steroid dienone is 5. The molecule has 0 aromatic carbocycles. The molecule has 10 heavy (non-hydrogen) atoms. The van der Waals surface area contributed by atoms with Crippen molar-refractivity contribution in [3.8, 4) is 0 Å². The van der Waals surface area contributed by atoms with Crippen LogP contribution in [0.3, 0.4) is 0 Å². The summed E-state index contributed by atoms with van der Waals surface area (Å²) in [5, 5.41) is 0. The van der Waals surface area contributed by atoms with Gasteiger partial charge < -0.3 is 0 Å². The van der Waals surface area contributed by atoms with Gasteiger partial charge in [-0.05, 0) is 18.1 Å². The standard InChI is InChI=1S/C10H12/c1-5-8-10(7-3)9(4)6-2/h5,7-8H,1-3H2,4H3/b10-8+. The maximum atomic E-state index is 3.64. The fourth-order valence-corrected chi connectivity index (χ4v) is 0.575. The zero-order chi connectivity index (χ0) is 7.98. The van der Waals surface area contributed by atoms with Gasteiger partial charge in [0.25, 0.3) is 0 Å². The molecule has 0 aromatic rings. The molecule has 0 heterocycles. The van der Waals surface area contributed by atoms with Gasteiger partial charge in [0.2, 0.25) is 0 Å². The van der Waals surface area contributed by atoms with E-state index in [1.807, 2.05) is 13.0 Å². The summed E-state index contributed by atoms with van der Waals surface area (Å²) in [6.07, 6.45) is 5.35. The van der Waals surface area contributed by atoms with Gasteiger partial charge in [0.15, 0.2) is 0 Å². The van der Waals surface area contributed by atoms with Crippen LogP contribution in [-0.2, 0) is 0 Å². The Labute approximate surface area is 62.6 Å². The van der Waals surface area contributed by atoms with Crippen molar-refractivity contribution in [3.63, 3.8) is 0 Å². The van der Waals surface area contributed by atoms with Crippen molar-refractivity contribution >= 4 is 0 Å². The highest BCUT2D eigenvalue weighted by Crippen LogP contribution is 2.07. The van der Waals surface area contributed by atoms with Crippen molar-refractivity contribution in [2.75, 3.05) is 0 Å². The molecular weight excluding hydrogens is 120 g/mol. The number of hydrogen-bond donors (Lipinski definition) is 0. The van der Waals surface area contributed by atoms with Crippen molar-refractivity contribution in [3.05, 3.63) is 54.8 Å². The van der Waals surface area contributed by atoms with Gasteiger partial charge in [0.05, 0.1) is 0 Å². The first-order valence-corrected chi connectivity index (χ1v) is 3.08. The second-order valence-corrected chi connectivity index (χ2v) is 1.86. The van der Waals surface area contributed by atoms with Crippen LogP contribution in [0.2, 0.25) is 0 Å². The molecule has 0 saturated heterocycles. The first-order valence-electron chi connectivity index (χ1n) is 3.08. The van der Waals surface area contributed by atoms with E-state index in [-0.39, 0.29) is 0 Å². The van der Waals surface area contributed by atoms with Gasteiger partial charge in [-0.25, -0.2) is 0 Å². The van der Waals surface area contributed by atoms with Crippen LogP contribution < -0.4 is 0 Å². The van der Waals surface area contributed by atoms with E-state index in [4.69, 9.17) is 0 Å². The van der Waals surface area contributed by atoms with Crippen LogP contribution in [0.5, 0.6) is 0 Å². The molecule has 0 aromatic heterocycles. The van der Waals surface area contributed by atoms with Gasteiger partial charge in [-0.15, -0.1) is 5.73 Å². The van der Waals surface area contributed by atoms with E-state index in [9.17, 15) is 0 Å². The average molecular weight is 132 g/mol. The zero-order valence-electron chi connectivity index (χ0n) is 6.35. The lowest BCUT2D eigenvalue weighted by molar-refractivity contribution is 1.45. The SMILES string of the molecule is C=C=C(C)/C(C=C)=C/C=C. The minimum atomic E-state index is 0.995. The summed E-state index contributed by atoms with van der Waals surface area (Å²) in [5.41, 5.74) is 4.79. The lowest BCUT2D eigenvalue weighted by Crippen LogP contribution is -1.76. The van der Waals surface area contributed by atoms with Gasteiger partial charge in [0, 0.05) is 0 Å². The molecular formula is C10H12. The van der Waals surface area contributed by atoms with E-state index < -0.39 is 0 Å². The maximum Gasteiger partial charge on any atom is -0.00255 e. The second kappa shape index (κ2) is 4.60. The molecule has 0 aliphatic rings. The molecule has 0 atom stereocenters. The van der Waals surface area contributed by atoms with Crippen LogP contribution in [0, 0.1) is 0 Å².